The maximum absolute atomic E-state index is 15.8. The minimum Gasteiger partial charge on any atom is -0.451 e. The number of rotatable bonds is 5. The second kappa shape index (κ2) is 10.2. The fraction of sp³-hybridized carbons (Fsp3) is 0.355. The maximum atomic E-state index is 15.8. The highest BCUT2D eigenvalue weighted by atomic mass is 19.1. The van der Waals surface area contributed by atoms with Crippen molar-refractivity contribution >= 4 is 33.3 Å². The first-order valence-corrected chi connectivity index (χ1v) is 14.0. The quantitative estimate of drug-likeness (QED) is 0.345. The van der Waals surface area contributed by atoms with Crippen LogP contribution in [-0.4, -0.2) is 72.8 Å². The highest BCUT2D eigenvalue weighted by molar-refractivity contribution is 6.02. The number of aromatic nitrogens is 1. The Kier molecular flexibility index (Phi) is 6.40. The van der Waals surface area contributed by atoms with E-state index in [0.717, 1.165) is 30.4 Å². The number of piperidine rings is 1. The molecule has 2 saturated heterocycles. The smallest absolute Gasteiger partial charge is 0.259 e. The van der Waals surface area contributed by atoms with E-state index in [1.165, 1.54) is 25.3 Å². The lowest BCUT2D eigenvalue weighted by molar-refractivity contribution is 0.0302. The van der Waals surface area contributed by atoms with Crippen LogP contribution in [-0.2, 0) is 4.74 Å². The molecule has 9 heteroatoms. The number of hydrogen-bond donors (Lipinski definition) is 1. The van der Waals surface area contributed by atoms with Crippen molar-refractivity contribution in [2.24, 2.45) is 0 Å². The first-order valence-electron chi connectivity index (χ1n) is 14.0. The van der Waals surface area contributed by atoms with E-state index in [1.807, 2.05) is 41.0 Å². The molecule has 2 fully saturated rings. The number of benzene rings is 3. The minimum absolute atomic E-state index is 0.00608. The molecule has 7 rings (SSSR count). The number of likely N-dealkylation sites (tertiary alicyclic amines) is 1. The van der Waals surface area contributed by atoms with Gasteiger partial charge in [0.2, 0.25) is 5.43 Å². The van der Waals surface area contributed by atoms with E-state index in [2.05, 4.69) is 10.2 Å². The average molecular weight is 543 g/mol. The van der Waals surface area contributed by atoms with E-state index in [9.17, 15) is 9.59 Å². The number of amides is 1. The number of carbonyl (C=O) groups excluding carboxylic acids is 1. The molecular formula is C31H31FN4O4. The number of anilines is 1. The Morgan fingerprint density at radius 1 is 0.975 bits per heavy atom. The zero-order valence-electron chi connectivity index (χ0n) is 22.2. The van der Waals surface area contributed by atoms with Gasteiger partial charge in [-0.1, -0.05) is 30.7 Å². The number of morpholine rings is 1. The number of nitrogens with zero attached hydrogens (tertiary/aromatic N) is 3. The predicted molar refractivity (Wildman–Crippen MR) is 153 cm³/mol. The van der Waals surface area contributed by atoms with Crippen LogP contribution in [0.5, 0.6) is 11.5 Å². The lowest BCUT2D eigenvalue weighted by Gasteiger charge is -2.29. The van der Waals surface area contributed by atoms with Gasteiger partial charge in [-0.05, 0) is 54.9 Å². The molecule has 0 aliphatic carbocycles. The number of nitrogens with one attached hydrogen (secondary N) is 1. The molecule has 0 atom stereocenters. The van der Waals surface area contributed by atoms with E-state index < -0.39 is 11.2 Å². The Hall–Kier alpha value is -3.95. The van der Waals surface area contributed by atoms with Gasteiger partial charge in [0, 0.05) is 32.4 Å². The van der Waals surface area contributed by atoms with Crippen LogP contribution in [0.25, 0.3) is 27.4 Å². The Balaban J connectivity index is 1.38. The zero-order chi connectivity index (χ0) is 27.2. The summed E-state index contributed by atoms with van der Waals surface area (Å²) >= 11 is 0. The molecule has 0 spiro atoms. The van der Waals surface area contributed by atoms with Crippen molar-refractivity contribution < 1.29 is 18.7 Å². The zero-order valence-corrected chi connectivity index (χ0v) is 22.2. The summed E-state index contributed by atoms with van der Waals surface area (Å²) < 4.78 is 29.4. The van der Waals surface area contributed by atoms with E-state index in [0.29, 0.717) is 49.8 Å². The molecular weight excluding hydrogens is 511 g/mol. The fourth-order valence-corrected chi connectivity index (χ4v) is 6.08. The van der Waals surface area contributed by atoms with Crippen molar-refractivity contribution in [3.05, 3.63) is 70.3 Å². The van der Waals surface area contributed by atoms with Gasteiger partial charge in [0.05, 0.1) is 24.3 Å². The number of fused-ring (bicyclic) bond motifs is 3. The summed E-state index contributed by atoms with van der Waals surface area (Å²) in [6.45, 7) is 5.07. The van der Waals surface area contributed by atoms with Crippen LogP contribution >= 0.6 is 0 Å². The van der Waals surface area contributed by atoms with E-state index in [4.69, 9.17) is 9.47 Å². The molecule has 3 aliphatic heterocycles. The number of ether oxygens (including phenoxy) is 2. The van der Waals surface area contributed by atoms with Crippen molar-refractivity contribution in [1.82, 2.24) is 14.4 Å². The molecule has 1 N–H and O–H groups in total. The second-order valence-electron chi connectivity index (χ2n) is 10.7. The first-order chi connectivity index (χ1) is 19.6. The summed E-state index contributed by atoms with van der Waals surface area (Å²) in [7, 11) is 0. The van der Waals surface area contributed by atoms with E-state index >= 15 is 4.39 Å². The Morgan fingerprint density at radius 3 is 2.50 bits per heavy atom. The molecule has 4 aromatic rings. The van der Waals surface area contributed by atoms with Gasteiger partial charge < -0.3 is 29.2 Å². The normalized spacial score (nSPS) is 17.1. The van der Waals surface area contributed by atoms with Gasteiger partial charge in [0.1, 0.15) is 16.8 Å². The number of carbonyl (C=O) groups is 1. The third kappa shape index (κ3) is 4.30. The lowest BCUT2D eigenvalue weighted by atomic mass is 10.0. The number of halogens is 1. The van der Waals surface area contributed by atoms with Gasteiger partial charge in [-0.15, -0.1) is 0 Å². The fourth-order valence-electron chi connectivity index (χ4n) is 6.08. The molecule has 3 aromatic carbocycles. The van der Waals surface area contributed by atoms with Gasteiger partial charge in [0.15, 0.2) is 17.3 Å². The summed E-state index contributed by atoms with van der Waals surface area (Å²) in [5.41, 5.74) is 0.872. The molecule has 0 saturated carbocycles. The Morgan fingerprint density at radius 2 is 1.73 bits per heavy atom. The van der Waals surface area contributed by atoms with Crippen molar-refractivity contribution in [2.45, 2.75) is 19.3 Å². The van der Waals surface area contributed by atoms with Crippen LogP contribution in [0.1, 0.15) is 29.6 Å². The Labute approximate surface area is 230 Å². The topological polar surface area (TPSA) is 76.0 Å². The molecule has 3 aliphatic rings. The van der Waals surface area contributed by atoms with Crippen LogP contribution in [0.4, 0.5) is 10.1 Å². The monoisotopic (exact) mass is 542 g/mol. The van der Waals surface area contributed by atoms with Gasteiger partial charge in [0.25, 0.3) is 5.91 Å². The molecule has 0 radical (unpaired) electrons. The molecule has 1 aromatic heterocycles. The molecule has 0 unspecified atom stereocenters. The summed E-state index contributed by atoms with van der Waals surface area (Å²) in [6.07, 6.45) is 5.21. The molecule has 40 heavy (non-hydrogen) atoms. The molecule has 206 valence electrons. The van der Waals surface area contributed by atoms with E-state index in [-0.39, 0.29) is 28.3 Å². The minimum atomic E-state index is -0.579. The van der Waals surface area contributed by atoms with Crippen LogP contribution in [0.15, 0.2) is 53.5 Å². The summed E-state index contributed by atoms with van der Waals surface area (Å²) in [6, 6.07) is 13.0. The van der Waals surface area contributed by atoms with Crippen LogP contribution in [0, 0.1) is 5.82 Å². The number of hydrogen-bond acceptors (Lipinski definition) is 6. The predicted octanol–water partition coefficient (Wildman–Crippen LogP) is 4.76. The standard InChI is InChI=1S/C31H31FN4O4/c32-24-18-22-28-30(27(24)33-8-11-34-9-4-1-5-10-34)40-26-17-21-7-3-2-6-20(21)16-25(26)36(28)19-23(29(22)37)31(38)35-12-14-39-15-13-35/h2-3,6-7,16-19,33H,1,4-5,8-15H2. The highest BCUT2D eigenvalue weighted by Gasteiger charge is 2.30. The summed E-state index contributed by atoms with van der Waals surface area (Å²) in [5.74, 6) is -0.159. The third-order valence-corrected chi connectivity index (χ3v) is 8.20. The van der Waals surface area contributed by atoms with Gasteiger partial charge in [-0.2, -0.15) is 0 Å². The van der Waals surface area contributed by atoms with Crippen LogP contribution < -0.4 is 15.5 Å². The van der Waals surface area contributed by atoms with E-state index in [1.54, 1.807) is 11.1 Å². The average Bonchev–Trinajstić information content (AvgIpc) is 2.99. The molecule has 0 bridgehead atoms. The molecule has 8 nitrogen and oxygen atoms in total. The SMILES string of the molecule is O=C(c1cn2c3c(c(NCCN4CCCCC4)c(F)cc3c1=O)Oc1cc3ccccc3cc1-2)N1CCOCC1. The highest BCUT2D eigenvalue weighted by Crippen LogP contribution is 2.46. The molecule has 1 amide bonds. The summed E-state index contributed by atoms with van der Waals surface area (Å²) in [5, 5.41) is 5.34. The maximum Gasteiger partial charge on any atom is 0.259 e. The van der Waals surface area contributed by atoms with Crippen molar-refractivity contribution in [1.29, 1.82) is 0 Å². The van der Waals surface area contributed by atoms with Crippen LogP contribution in [0.2, 0.25) is 0 Å². The van der Waals surface area contributed by atoms with Gasteiger partial charge >= 0.3 is 0 Å². The largest absolute Gasteiger partial charge is 0.451 e. The first kappa shape index (κ1) is 25.0. The summed E-state index contributed by atoms with van der Waals surface area (Å²) in [4.78, 5) is 31.2. The van der Waals surface area contributed by atoms with Gasteiger partial charge in [-0.3, -0.25) is 9.59 Å². The van der Waals surface area contributed by atoms with Gasteiger partial charge in [-0.25, -0.2) is 4.39 Å². The third-order valence-electron chi connectivity index (χ3n) is 8.20. The second-order valence-corrected chi connectivity index (χ2v) is 10.7. The van der Waals surface area contributed by atoms with Crippen molar-refractivity contribution in [3.8, 4) is 17.2 Å². The van der Waals surface area contributed by atoms with Crippen molar-refractivity contribution in [2.75, 3.05) is 57.8 Å². The lowest BCUT2D eigenvalue weighted by Crippen LogP contribution is -2.42. The van der Waals surface area contributed by atoms with Crippen LogP contribution in [0.3, 0.4) is 0 Å². The van der Waals surface area contributed by atoms with Crippen molar-refractivity contribution in [3.63, 3.8) is 0 Å². The Bertz CT molecular complexity index is 1690. The molecule has 4 heterocycles. The number of pyridine rings is 1.